The van der Waals surface area contributed by atoms with E-state index in [4.69, 9.17) is 14.2 Å². The molecule has 114 valence electrons. The van der Waals surface area contributed by atoms with E-state index in [0.717, 1.165) is 19.4 Å². The summed E-state index contributed by atoms with van der Waals surface area (Å²) in [7, 11) is 1.84. The number of hydrogen-bond donors (Lipinski definition) is 0. The lowest BCUT2D eigenvalue weighted by molar-refractivity contribution is -0.0776. The second-order valence-electron chi connectivity index (χ2n) is 7.35. The molecule has 2 heterocycles. The summed E-state index contributed by atoms with van der Waals surface area (Å²) in [6.45, 7) is 9.73. The van der Waals surface area contributed by atoms with Gasteiger partial charge >= 0.3 is 0 Å². The van der Waals surface area contributed by atoms with Gasteiger partial charge in [0.15, 0.2) is 0 Å². The first-order chi connectivity index (χ1) is 9.43. The maximum absolute atomic E-state index is 6.15. The number of epoxide rings is 2. The van der Waals surface area contributed by atoms with E-state index in [2.05, 4.69) is 33.8 Å². The molecule has 0 aromatic rings. The van der Waals surface area contributed by atoms with Gasteiger partial charge in [0.05, 0.1) is 24.4 Å². The van der Waals surface area contributed by atoms with Crippen LogP contribution in [0.2, 0.25) is 0 Å². The fourth-order valence-corrected chi connectivity index (χ4v) is 4.22. The highest BCUT2D eigenvalue weighted by Gasteiger charge is 2.71. The Morgan fingerprint density at radius 1 is 1.40 bits per heavy atom. The largest absolute Gasteiger partial charge is 0.381 e. The zero-order chi connectivity index (χ0) is 14.5. The van der Waals surface area contributed by atoms with Crippen LogP contribution in [-0.2, 0) is 14.2 Å². The van der Waals surface area contributed by atoms with Gasteiger partial charge in [0.25, 0.3) is 0 Å². The van der Waals surface area contributed by atoms with Crippen molar-refractivity contribution in [3.8, 4) is 0 Å². The fourth-order valence-electron chi connectivity index (χ4n) is 4.22. The third-order valence-electron chi connectivity index (χ3n) is 5.60. The molecule has 6 atom stereocenters. The van der Waals surface area contributed by atoms with Gasteiger partial charge in [0.2, 0.25) is 0 Å². The minimum atomic E-state index is -0.0716. The van der Waals surface area contributed by atoms with Gasteiger partial charge in [0, 0.05) is 13.0 Å². The Labute approximate surface area is 122 Å². The van der Waals surface area contributed by atoms with E-state index in [1.807, 2.05) is 7.11 Å². The SMILES string of the molecule is COC1C(C)CC[C@]2(CO2)C1[C@@]1(C)O[C@@H]1CC=C(C)C. The van der Waals surface area contributed by atoms with Crippen molar-refractivity contribution in [2.75, 3.05) is 13.7 Å². The summed E-state index contributed by atoms with van der Waals surface area (Å²) in [6, 6.07) is 0. The van der Waals surface area contributed by atoms with Crippen LogP contribution in [0.25, 0.3) is 0 Å². The Morgan fingerprint density at radius 2 is 2.10 bits per heavy atom. The number of rotatable bonds is 4. The molecule has 20 heavy (non-hydrogen) atoms. The van der Waals surface area contributed by atoms with E-state index in [0.29, 0.717) is 17.9 Å². The summed E-state index contributed by atoms with van der Waals surface area (Å²) in [5, 5.41) is 0. The summed E-state index contributed by atoms with van der Waals surface area (Å²) < 4.78 is 17.9. The number of ether oxygens (including phenoxy) is 3. The van der Waals surface area contributed by atoms with Gasteiger partial charge in [-0.2, -0.15) is 0 Å². The summed E-state index contributed by atoms with van der Waals surface area (Å²) in [5.41, 5.74) is 1.33. The summed E-state index contributed by atoms with van der Waals surface area (Å²) in [6.07, 6.45) is 6.23. The van der Waals surface area contributed by atoms with Crippen molar-refractivity contribution in [2.45, 2.75) is 70.4 Å². The molecule has 2 aliphatic heterocycles. The molecule has 0 aromatic heterocycles. The topological polar surface area (TPSA) is 34.3 Å². The summed E-state index contributed by atoms with van der Waals surface area (Å²) in [4.78, 5) is 0. The predicted molar refractivity (Wildman–Crippen MR) is 78.7 cm³/mol. The van der Waals surface area contributed by atoms with Gasteiger partial charge < -0.3 is 14.2 Å². The molecule has 2 saturated heterocycles. The molecule has 3 aliphatic rings. The normalized spacial score (nSPS) is 50.0. The molecule has 0 amide bonds. The molecule has 0 aromatic carbocycles. The molecular weight excluding hydrogens is 252 g/mol. The van der Waals surface area contributed by atoms with Crippen LogP contribution in [0.1, 0.15) is 47.0 Å². The van der Waals surface area contributed by atoms with E-state index in [-0.39, 0.29) is 17.3 Å². The lowest BCUT2D eigenvalue weighted by atomic mass is 9.66. The number of methoxy groups -OCH3 is 1. The number of hydrogen-bond acceptors (Lipinski definition) is 3. The minimum Gasteiger partial charge on any atom is -0.381 e. The van der Waals surface area contributed by atoms with Crippen molar-refractivity contribution in [3.05, 3.63) is 11.6 Å². The smallest absolute Gasteiger partial charge is 0.100 e. The molecule has 1 saturated carbocycles. The molecule has 3 nitrogen and oxygen atoms in total. The van der Waals surface area contributed by atoms with Crippen LogP contribution in [0.3, 0.4) is 0 Å². The van der Waals surface area contributed by atoms with Crippen molar-refractivity contribution in [1.29, 1.82) is 0 Å². The van der Waals surface area contributed by atoms with Crippen LogP contribution in [-0.4, -0.2) is 37.1 Å². The maximum Gasteiger partial charge on any atom is 0.100 e. The lowest BCUT2D eigenvalue weighted by Gasteiger charge is -2.42. The molecule has 1 aliphatic carbocycles. The highest BCUT2D eigenvalue weighted by Crippen LogP contribution is 2.60. The monoisotopic (exact) mass is 280 g/mol. The van der Waals surface area contributed by atoms with E-state index in [9.17, 15) is 0 Å². The summed E-state index contributed by atoms with van der Waals surface area (Å²) >= 11 is 0. The zero-order valence-electron chi connectivity index (χ0n) is 13.4. The Bertz CT molecular complexity index is 408. The molecule has 3 unspecified atom stereocenters. The molecule has 0 radical (unpaired) electrons. The molecule has 0 N–H and O–H groups in total. The molecule has 1 spiro atoms. The predicted octanol–water partition coefficient (Wildman–Crippen LogP) is 3.33. The van der Waals surface area contributed by atoms with Crippen molar-refractivity contribution < 1.29 is 14.2 Å². The van der Waals surface area contributed by atoms with Crippen molar-refractivity contribution >= 4 is 0 Å². The first-order valence-corrected chi connectivity index (χ1v) is 7.91. The Morgan fingerprint density at radius 3 is 2.65 bits per heavy atom. The minimum absolute atomic E-state index is 0.0433. The van der Waals surface area contributed by atoms with Crippen LogP contribution in [0, 0.1) is 11.8 Å². The first-order valence-electron chi connectivity index (χ1n) is 7.91. The quantitative estimate of drug-likeness (QED) is 0.585. The Kier molecular flexibility index (Phi) is 3.51. The van der Waals surface area contributed by atoms with Crippen LogP contribution in [0.15, 0.2) is 11.6 Å². The van der Waals surface area contributed by atoms with Gasteiger partial charge in [-0.1, -0.05) is 18.6 Å². The molecular formula is C17H28O3. The Balaban J connectivity index is 1.78. The van der Waals surface area contributed by atoms with Crippen molar-refractivity contribution in [2.24, 2.45) is 11.8 Å². The van der Waals surface area contributed by atoms with Crippen LogP contribution < -0.4 is 0 Å². The molecule has 3 fully saturated rings. The maximum atomic E-state index is 6.15. The van der Waals surface area contributed by atoms with Gasteiger partial charge in [0.1, 0.15) is 5.60 Å². The zero-order valence-corrected chi connectivity index (χ0v) is 13.4. The summed E-state index contributed by atoms with van der Waals surface area (Å²) in [5.74, 6) is 0.962. The third kappa shape index (κ3) is 2.24. The van der Waals surface area contributed by atoms with Crippen LogP contribution >= 0.6 is 0 Å². The standard InChI is InChI=1S/C17H28O3/c1-11(2)6-7-13-16(4,20-13)15-14(18-5)12(3)8-9-17(15)10-19-17/h6,12-15H,7-10H2,1-5H3/t12?,13-,14?,15?,16+,17+/m1/s1. The average Bonchev–Trinajstić information content (AvgIpc) is 3.29. The van der Waals surface area contributed by atoms with Crippen LogP contribution in [0.4, 0.5) is 0 Å². The molecule has 3 rings (SSSR count). The van der Waals surface area contributed by atoms with Gasteiger partial charge in [-0.15, -0.1) is 0 Å². The third-order valence-corrected chi connectivity index (χ3v) is 5.60. The van der Waals surface area contributed by atoms with E-state index in [1.54, 1.807) is 0 Å². The lowest BCUT2D eigenvalue weighted by Crippen LogP contribution is -2.51. The highest BCUT2D eigenvalue weighted by atomic mass is 16.6. The van der Waals surface area contributed by atoms with Gasteiger partial charge in [-0.25, -0.2) is 0 Å². The van der Waals surface area contributed by atoms with Gasteiger partial charge in [-0.05, 0) is 46.0 Å². The van der Waals surface area contributed by atoms with Crippen LogP contribution in [0.5, 0.6) is 0 Å². The number of allylic oxidation sites excluding steroid dienone is 1. The second kappa shape index (κ2) is 4.82. The highest BCUT2D eigenvalue weighted by molar-refractivity contribution is 5.20. The molecule has 0 bridgehead atoms. The molecule has 3 heteroatoms. The van der Waals surface area contributed by atoms with E-state index < -0.39 is 0 Å². The van der Waals surface area contributed by atoms with Crippen molar-refractivity contribution in [3.63, 3.8) is 0 Å². The van der Waals surface area contributed by atoms with E-state index in [1.165, 1.54) is 12.0 Å². The second-order valence-corrected chi connectivity index (χ2v) is 7.35. The Hall–Kier alpha value is -0.380. The van der Waals surface area contributed by atoms with Gasteiger partial charge in [-0.3, -0.25) is 0 Å². The average molecular weight is 280 g/mol. The first kappa shape index (κ1) is 14.6. The van der Waals surface area contributed by atoms with E-state index >= 15 is 0 Å². The van der Waals surface area contributed by atoms with Crippen molar-refractivity contribution in [1.82, 2.24) is 0 Å². The fraction of sp³-hybridized carbons (Fsp3) is 0.882.